The third-order valence-electron chi connectivity index (χ3n) is 5.98. The van der Waals surface area contributed by atoms with Gasteiger partial charge in [0.05, 0.1) is 30.6 Å². The third kappa shape index (κ3) is 6.19. The summed E-state index contributed by atoms with van der Waals surface area (Å²) in [6.45, 7) is 6.97. The highest BCUT2D eigenvalue weighted by molar-refractivity contribution is 6.06. The smallest absolute Gasteiger partial charge is 0.337 e. The van der Waals surface area contributed by atoms with E-state index in [0.29, 0.717) is 11.4 Å². The van der Waals surface area contributed by atoms with Crippen LogP contribution < -0.4 is 5.32 Å². The fourth-order valence-electron chi connectivity index (χ4n) is 4.21. The van der Waals surface area contributed by atoms with Gasteiger partial charge in [-0.2, -0.15) is 0 Å². The zero-order chi connectivity index (χ0) is 27.1. The van der Waals surface area contributed by atoms with Crippen molar-refractivity contribution in [3.05, 3.63) is 46.7 Å². The molecule has 37 heavy (non-hydrogen) atoms. The molecule has 1 aromatic rings. The Kier molecular flexibility index (Phi) is 9.10. The monoisotopic (exact) mass is 517 g/mol. The second-order valence-electron chi connectivity index (χ2n) is 8.33. The zero-order valence-electron chi connectivity index (χ0n) is 21.3. The van der Waals surface area contributed by atoms with Crippen LogP contribution >= 0.6 is 0 Å². The molecule has 0 aliphatic carbocycles. The molecule has 12 heteroatoms. The summed E-state index contributed by atoms with van der Waals surface area (Å²) in [7, 11) is 0. The van der Waals surface area contributed by atoms with Crippen molar-refractivity contribution in [3.63, 3.8) is 0 Å². The van der Waals surface area contributed by atoms with E-state index in [2.05, 4.69) is 5.32 Å². The fraction of sp³-hybridized carbons (Fsp3) is 0.480. The highest BCUT2D eigenvalue weighted by Crippen LogP contribution is 2.32. The lowest BCUT2D eigenvalue weighted by Gasteiger charge is -2.34. The summed E-state index contributed by atoms with van der Waals surface area (Å²) >= 11 is 0. The van der Waals surface area contributed by atoms with E-state index in [1.54, 1.807) is 44.7 Å². The summed E-state index contributed by atoms with van der Waals surface area (Å²) < 4.78 is 20.6. The van der Waals surface area contributed by atoms with Crippen LogP contribution in [0.2, 0.25) is 0 Å². The molecule has 1 saturated heterocycles. The van der Waals surface area contributed by atoms with Gasteiger partial charge in [-0.3, -0.25) is 14.4 Å². The van der Waals surface area contributed by atoms with Crippen LogP contribution in [0.1, 0.15) is 38.2 Å². The normalized spacial score (nSPS) is 16.3. The molecule has 200 valence electrons. The van der Waals surface area contributed by atoms with Gasteiger partial charge in [0, 0.05) is 37.6 Å². The molecule has 2 amide bonds. The van der Waals surface area contributed by atoms with Crippen LogP contribution in [0.4, 0.5) is 0 Å². The molecule has 1 fully saturated rings. The van der Waals surface area contributed by atoms with Gasteiger partial charge < -0.3 is 33.7 Å². The summed E-state index contributed by atoms with van der Waals surface area (Å²) in [5, 5.41) is 2.92. The minimum atomic E-state index is -1.42. The second kappa shape index (κ2) is 12.2. The summed E-state index contributed by atoms with van der Waals surface area (Å²) in [6.07, 6.45) is 1.41. The van der Waals surface area contributed by atoms with Crippen LogP contribution in [0.5, 0.6) is 0 Å². The van der Waals surface area contributed by atoms with E-state index in [0.717, 1.165) is 0 Å². The number of amides is 2. The van der Waals surface area contributed by atoms with Crippen LogP contribution in [-0.4, -0.2) is 85.5 Å². The number of carbonyl (C=O) groups excluding carboxylic acids is 5. The number of ether oxygens (including phenoxy) is 3. The van der Waals surface area contributed by atoms with Crippen LogP contribution in [0.15, 0.2) is 45.4 Å². The predicted octanol–water partition coefficient (Wildman–Crippen LogP) is 1.00. The lowest BCUT2D eigenvalue weighted by atomic mass is 9.85. The first-order valence-corrected chi connectivity index (χ1v) is 12.0. The van der Waals surface area contributed by atoms with Gasteiger partial charge in [0.25, 0.3) is 11.8 Å². The molecule has 1 aromatic heterocycles. The number of hydrogen-bond acceptors (Lipinski definition) is 10. The largest absolute Gasteiger partial charge is 0.463 e. The van der Waals surface area contributed by atoms with Crippen LogP contribution in [0.3, 0.4) is 0 Å². The minimum Gasteiger partial charge on any atom is -0.463 e. The molecule has 0 bridgehead atoms. The Morgan fingerprint density at radius 3 is 1.92 bits per heavy atom. The Morgan fingerprint density at radius 2 is 1.43 bits per heavy atom. The van der Waals surface area contributed by atoms with Gasteiger partial charge in [0.2, 0.25) is 0 Å². The molecule has 0 atom stereocenters. The molecule has 1 N–H and O–H groups in total. The van der Waals surface area contributed by atoms with Gasteiger partial charge >= 0.3 is 17.9 Å². The molecule has 0 radical (unpaired) electrons. The fourth-order valence-corrected chi connectivity index (χ4v) is 4.21. The summed E-state index contributed by atoms with van der Waals surface area (Å²) in [4.78, 5) is 66.8. The molecule has 3 rings (SSSR count). The third-order valence-corrected chi connectivity index (χ3v) is 5.98. The average Bonchev–Trinajstić information content (AvgIpc) is 3.41. The molecular formula is C25H31N3O9. The van der Waals surface area contributed by atoms with E-state index in [4.69, 9.17) is 18.6 Å². The Morgan fingerprint density at radius 1 is 0.892 bits per heavy atom. The van der Waals surface area contributed by atoms with E-state index < -0.39 is 36.3 Å². The first-order chi connectivity index (χ1) is 17.7. The van der Waals surface area contributed by atoms with Crippen molar-refractivity contribution in [2.24, 2.45) is 5.92 Å². The highest BCUT2D eigenvalue weighted by Gasteiger charge is 2.43. The van der Waals surface area contributed by atoms with Crippen molar-refractivity contribution in [1.82, 2.24) is 15.1 Å². The molecule has 0 saturated carbocycles. The SMILES string of the molecule is CCOC(=O)C1=C(C)NC(C)=C(C(=O)OCC)C1C(=O)OCC(=O)N1CCN(C(=O)c2ccco2)CC1. The van der Waals surface area contributed by atoms with Gasteiger partial charge in [-0.15, -0.1) is 0 Å². The van der Waals surface area contributed by atoms with Crippen molar-refractivity contribution >= 4 is 29.7 Å². The van der Waals surface area contributed by atoms with Crippen molar-refractivity contribution in [2.75, 3.05) is 46.0 Å². The quantitative estimate of drug-likeness (QED) is 0.392. The molecule has 0 spiro atoms. The highest BCUT2D eigenvalue weighted by atomic mass is 16.5. The number of allylic oxidation sites excluding steroid dienone is 2. The maximum absolute atomic E-state index is 13.2. The molecule has 2 aliphatic heterocycles. The van der Waals surface area contributed by atoms with Crippen molar-refractivity contribution < 1.29 is 42.6 Å². The summed E-state index contributed by atoms with van der Waals surface area (Å²) in [5.41, 5.74) is 0.486. The van der Waals surface area contributed by atoms with Crippen LogP contribution in [-0.2, 0) is 33.4 Å². The zero-order valence-corrected chi connectivity index (χ0v) is 21.3. The number of hydrogen-bond donors (Lipinski definition) is 1. The molecular weight excluding hydrogens is 486 g/mol. The van der Waals surface area contributed by atoms with Gasteiger partial charge in [-0.25, -0.2) is 9.59 Å². The van der Waals surface area contributed by atoms with E-state index in [1.807, 2.05) is 0 Å². The van der Waals surface area contributed by atoms with Crippen LogP contribution in [0, 0.1) is 5.92 Å². The maximum Gasteiger partial charge on any atom is 0.337 e. The standard InChI is InChI=1S/C25H31N3O9/c1-5-34-23(31)19-15(3)26-16(4)20(24(32)35-6-2)21(19)25(33)37-14-18(29)27-9-11-28(12-10-27)22(30)17-8-7-13-36-17/h7-8,13,21,26H,5-6,9-12,14H2,1-4H3. The molecule has 0 unspecified atom stereocenters. The first kappa shape index (κ1) is 27.5. The Balaban J connectivity index is 1.68. The average molecular weight is 518 g/mol. The maximum atomic E-state index is 13.2. The topological polar surface area (TPSA) is 145 Å². The van der Waals surface area contributed by atoms with Gasteiger partial charge in [-0.1, -0.05) is 0 Å². The molecule has 2 aliphatic rings. The Labute approximate surface area is 214 Å². The van der Waals surface area contributed by atoms with Crippen molar-refractivity contribution in [3.8, 4) is 0 Å². The summed E-state index contributed by atoms with van der Waals surface area (Å²) in [5.74, 6) is -4.46. The van der Waals surface area contributed by atoms with Crippen LogP contribution in [0.25, 0.3) is 0 Å². The van der Waals surface area contributed by atoms with Crippen molar-refractivity contribution in [2.45, 2.75) is 27.7 Å². The second-order valence-corrected chi connectivity index (χ2v) is 8.33. The lowest BCUT2D eigenvalue weighted by molar-refractivity contribution is -0.156. The number of furan rings is 1. The predicted molar refractivity (Wildman–Crippen MR) is 127 cm³/mol. The first-order valence-electron chi connectivity index (χ1n) is 12.0. The lowest BCUT2D eigenvalue weighted by Crippen LogP contribution is -2.51. The molecule has 12 nitrogen and oxygen atoms in total. The molecule has 0 aromatic carbocycles. The number of nitrogens with zero attached hydrogens (tertiary/aromatic N) is 2. The van der Waals surface area contributed by atoms with E-state index in [1.165, 1.54) is 11.2 Å². The Hall–Kier alpha value is -4.09. The van der Waals surface area contributed by atoms with Gasteiger partial charge in [0.1, 0.15) is 5.92 Å². The number of dihydropyridines is 1. The number of esters is 3. The number of carbonyl (C=O) groups is 5. The van der Waals surface area contributed by atoms with Gasteiger partial charge in [-0.05, 0) is 39.8 Å². The Bertz CT molecular complexity index is 1070. The summed E-state index contributed by atoms with van der Waals surface area (Å²) in [6, 6.07) is 3.19. The number of rotatable bonds is 8. The number of piperazine rings is 1. The minimum absolute atomic E-state index is 0.0572. The van der Waals surface area contributed by atoms with E-state index in [-0.39, 0.29) is 62.2 Å². The van der Waals surface area contributed by atoms with E-state index >= 15 is 0 Å². The van der Waals surface area contributed by atoms with E-state index in [9.17, 15) is 24.0 Å². The van der Waals surface area contributed by atoms with Gasteiger partial charge in [0.15, 0.2) is 12.4 Å². The van der Waals surface area contributed by atoms with Crippen molar-refractivity contribution in [1.29, 1.82) is 0 Å². The molecule has 3 heterocycles. The number of nitrogens with one attached hydrogen (secondary N) is 1.